The molecule has 0 saturated carbocycles. The first kappa shape index (κ1) is 18.9. The molecular weight excluding hydrogens is 346 g/mol. The Bertz CT molecular complexity index is 866. The average molecular weight is 374 g/mol. The van der Waals surface area contributed by atoms with E-state index in [9.17, 15) is 8.42 Å². The third kappa shape index (κ3) is 3.49. The predicted octanol–water partition coefficient (Wildman–Crippen LogP) is 2.42. The van der Waals surface area contributed by atoms with Crippen LogP contribution in [-0.2, 0) is 10.0 Å². The zero-order valence-corrected chi connectivity index (χ0v) is 16.4. The van der Waals surface area contributed by atoms with Gasteiger partial charge in [-0.05, 0) is 42.6 Å². The Morgan fingerprint density at radius 1 is 1.12 bits per heavy atom. The van der Waals surface area contributed by atoms with Gasteiger partial charge in [0.1, 0.15) is 0 Å². The molecule has 5 nitrogen and oxygen atoms in total. The maximum absolute atomic E-state index is 13.2. The van der Waals surface area contributed by atoms with Crippen molar-refractivity contribution in [2.45, 2.75) is 17.7 Å². The van der Waals surface area contributed by atoms with Crippen LogP contribution in [0, 0.1) is 12.8 Å². The van der Waals surface area contributed by atoms with Crippen LogP contribution in [-0.4, -0.2) is 46.5 Å². The molecule has 1 heterocycles. The highest BCUT2D eigenvalue weighted by Crippen LogP contribution is 2.35. The fourth-order valence-corrected chi connectivity index (χ4v) is 5.27. The van der Waals surface area contributed by atoms with E-state index in [0.717, 1.165) is 16.8 Å². The van der Waals surface area contributed by atoms with Gasteiger partial charge in [0.15, 0.2) is 0 Å². The van der Waals surface area contributed by atoms with E-state index in [1.54, 1.807) is 16.4 Å². The molecule has 0 unspecified atom stereocenters. The van der Waals surface area contributed by atoms with Crippen molar-refractivity contribution in [1.82, 2.24) is 4.31 Å². The largest absolute Gasteiger partial charge is 0.377 e. The van der Waals surface area contributed by atoms with Crippen molar-refractivity contribution in [2.24, 2.45) is 11.7 Å². The summed E-state index contributed by atoms with van der Waals surface area (Å²) in [6.45, 7) is 3.39. The van der Waals surface area contributed by atoms with Gasteiger partial charge in [0.2, 0.25) is 10.0 Å². The van der Waals surface area contributed by atoms with Crippen LogP contribution in [0.25, 0.3) is 0 Å². The fourth-order valence-electron chi connectivity index (χ4n) is 3.73. The first-order valence-corrected chi connectivity index (χ1v) is 10.3. The van der Waals surface area contributed by atoms with Crippen molar-refractivity contribution in [3.63, 3.8) is 0 Å². The number of hydrogen-bond donors (Lipinski definition) is 1. The highest BCUT2D eigenvalue weighted by molar-refractivity contribution is 7.89. The molecule has 0 amide bonds. The Balaban J connectivity index is 1.92. The van der Waals surface area contributed by atoms with Gasteiger partial charge in [0.05, 0.1) is 4.90 Å². The van der Waals surface area contributed by atoms with E-state index in [1.807, 2.05) is 50.2 Å². The molecule has 0 radical (unpaired) electrons. The van der Waals surface area contributed by atoms with Gasteiger partial charge >= 0.3 is 0 Å². The summed E-state index contributed by atoms with van der Waals surface area (Å²) in [6.07, 6.45) is 0. The number of rotatable bonds is 5. The lowest BCUT2D eigenvalue weighted by atomic mass is 9.89. The molecule has 1 saturated heterocycles. The molecule has 2 aromatic carbocycles. The normalized spacial score (nSPS) is 21.1. The Hall–Kier alpha value is -1.89. The molecule has 0 bridgehead atoms. The predicted molar refractivity (Wildman–Crippen MR) is 106 cm³/mol. The number of nitrogens with two attached hydrogens (primary N) is 1. The lowest BCUT2D eigenvalue weighted by Gasteiger charge is -2.20. The maximum atomic E-state index is 13.2. The Kier molecular flexibility index (Phi) is 5.37. The van der Waals surface area contributed by atoms with Crippen LogP contribution < -0.4 is 10.6 Å². The van der Waals surface area contributed by atoms with Crippen LogP contribution in [0.5, 0.6) is 0 Å². The Morgan fingerprint density at radius 2 is 1.81 bits per heavy atom. The van der Waals surface area contributed by atoms with Gasteiger partial charge in [-0.25, -0.2) is 8.42 Å². The van der Waals surface area contributed by atoms with Crippen molar-refractivity contribution in [3.8, 4) is 0 Å². The van der Waals surface area contributed by atoms with Gasteiger partial charge in [0, 0.05) is 38.8 Å². The monoisotopic (exact) mass is 373 g/mol. The molecule has 26 heavy (non-hydrogen) atoms. The SMILES string of the molecule is Cc1ccc(S(=O)(=O)N2C[C@@H](CN)[C@H](c3ccccc3)C2)cc1N(C)C. The molecule has 2 atom stereocenters. The highest BCUT2D eigenvalue weighted by Gasteiger charge is 2.39. The van der Waals surface area contributed by atoms with Crippen molar-refractivity contribution in [3.05, 3.63) is 59.7 Å². The van der Waals surface area contributed by atoms with E-state index in [1.165, 1.54) is 0 Å². The smallest absolute Gasteiger partial charge is 0.243 e. The molecular formula is C20H27N3O2S. The lowest BCUT2D eigenvalue weighted by Crippen LogP contribution is -2.30. The minimum Gasteiger partial charge on any atom is -0.377 e. The van der Waals surface area contributed by atoms with Gasteiger partial charge in [-0.3, -0.25) is 0 Å². The second-order valence-electron chi connectivity index (χ2n) is 7.18. The molecule has 0 aliphatic carbocycles. The van der Waals surface area contributed by atoms with E-state index in [2.05, 4.69) is 12.1 Å². The van der Waals surface area contributed by atoms with E-state index < -0.39 is 10.0 Å². The molecule has 0 spiro atoms. The van der Waals surface area contributed by atoms with Crippen LogP contribution in [0.4, 0.5) is 5.69 Å². The van der Waals surface area contributed by atoms with Crippen molar-refractivity contribution in [2.75, 3.05) is 38.6 Å². The summed E-state index contributed by atoms with van der Waals surface area (Å²) in [5.41, 5.74) is 9.08. The maximum Gasteiger partial charge on any atom is 0.243 e. The van der Waals surface area contributed by atoms with E-state index in [0.29, 0.717) is 24.5 Å². The topological polar surface area (TPSA) is 66.6 Å². The molecule has 1 aliphatic rings. The Morgan fingerprint density at radius 3 is 2.42 bits per heavy atom. The van der Waals surface area contributed by atoms with Gasteiger partial charge < -0.3 is 10.6 Å². The third-order valence-corrected chi connectivity index (χ3v) is 7.07. The van der Waals surface area contributed by atoms with Crippen molar-refractivity contribution >= 4 is 15.7 Å². The quantitative estimate of drug-likeness (QED) is 0.874. The summed E-state index contributed by atoms with van der Waals surface area (Å²) in [4.78, 5) is 2.28. The van der Waals surface area contributed by atoms with Crippen molar-refractivity contribution < 1.29 is 8.42 Å². The number of benzene rings is 2. The highest BCUT2D eigenvalue weighted by atomic mass is 32.2. The van der Waals surface area contributed by atoms with Crippen LogP contribution in [0.2, 0.25) is 0 Å². The van der Waals surface area contributed by atoms with Crippen molar-refractivity contribution in [1.29, 1.82) is 0 Å². The van der Waals surface area contributed by atoms with Gasteiger partial charge in [0.25, 0.3) is 0 Å². The molecule has 140 valence electrons. The third-order valence-electron chi connectivity index (χ3n) is 5.24. The summed E-state index contributed by atoms with van der Waals surface area (Å²) in [7, 11) is 0.298. The minimum absolute atomic E-state index is 0.131. The number of anilines is 1. The molecule has 1 aliphatic heterocycles. The summed E-state index contributed by atoms with van der Waals surface area (Å²) in [6, 6.07) is 15.4. The summed E-state index contributed by atoms with van der Waals surface area (Å²) >= 11 is 0. The van der Waals surface area contributed by atoms with E-state index >= 15 is 0 Å². The average Bonchev–Trinajstić information content (AvgIpc) is 3.07. The van der Waals surface area contributed by atoms with Gasteiger partial charge in [-0.2, -0.15) is 4.31 Å². The zero-order valence-electron chi connectivity index (χ0n) is 15.6. The number of hydrogen-bond acceptors (Lipinski definition) is 4. The second-order valence-corrected chi connectivity index (χ2v) is 9.12. The van der Waals surface area contributed by atoms with Gasteiger partial charge in [-0.1, -0.05) is 36.4 Å². The fraction of sp³-hybridized carbons (Fsp3) is 0.400. The molecule has 6 heteroatoms. The summed E-state index contributed by atoms with van der Waals surface area (Å²) in [5.74, 6) is 0.265. The van der Waals surface area contributed by atoms with Crippen LogP contribution >= 0.6 is 0 Å². The van der Waals surface area contributed by atoms with E-state index in [4.69, 9.17) is 5.73 Å². The molecule has 0 aromatic heterocycles. The number of nitrogens with zero attached hydrogens (tertiary/aromatic N) is 2. The second kappa shape index (κ2) is 7.39. The van der Waals surface area contributed by atoms with E-state index in [-0.39, 0.29) is 11.8 Å². The summed E-state index contributed by atoms with van der Waals surface area (Å²) < 4.78 is 28.0. The van der Waals surface area contributed by atoms with Gasteiger partial charge in [-0.15, -0.1) is 0 Å². The number of aryl methyl sites for hydroxylation is 1. The standard InChI is InChI=1S/C20H27N3O2S/c1-15-9-10-18(11-20(15)22(2)3)26(24,25)23-13-17(12-21)19(14-23)16-7-5-4-6-8-16/h4-11,17,19H,12-14,21H2,1-3H3/t17-,19+/m1/s1. The lowest BCUT2D eigenvalue weighted by molar-refractivity contribution is 0.459. The minimum atomic E-state index is -3.54. The van der Waals surface area contributed by atoms with Crippen LogP contribution in [0.1, 0.15) is 17.0 Å². The molecule has 2 N–H and O–H groups in total. The number of sulfonamides is 1. The first-order chi connectivity index (χ1) is 12.3. The van der Waals surface area contributed by atoms with Crippen LogP contribution in [0.3, 0.4) is 0 Å². The Labute approximate surface area is 156 Å². The first-order valence-electron chi connectivity index (χ1n) is 8.87. The molecule has 3 rings (SSSR count). The van der Waals surface area contributed by atoms with Crippen LogP contribution in [0.15, 0.2) is 53.4 Å². The summed E-state index contributed by atoms with van der Waals surface area (Å²) in [5, 5.41) is 0. The zero-order chi connectivity index (χ0) is 18.9. The molecule has 1 fully saturated rings. The molecule has 2 aromatic rings.